The quantitative estimate of drug-likeness (QED) is 0.209. The molecule has 0 aromatic heterocycles. The minimum Gasteiger partial charge on any atom is -0.448 e. The van der Waals surface area contributed by atoms with Gasteiger partial charge >= 0.3 is 6.09 Å². The predicted octanol–water partition coefficient (Wildman–Crippen LogP) is 7.27. The second kappa shape index (κ2) is 16.6. The molecule has 11 heteroatoms. The molecular formula is C42H69N3O7Si. The lowest BCUT2D eigenvalue weighted by Crippen LogP contribution is -2.51. The van der Waals surface area contributed by atoms with E-state index in [0.717, 1.165) is 89.9 Å². The summed E-state index contributed by atoms with van der Waals surface area (Å²) < 4.78 is 18.5. The van der Waals surface area contributed by atoms with Crippen LogP contribution in [0.25, 0.3) is 0 Å². The molecule has 7 aliphatic rings. The molecule has 1 spiro atoms. The zero-order valence-electron chi connectivity index (χ0n) is 33.3. The van der Waals surface area contributed by atoms with Gasteiger partial charge in [-0.2, -0.15) is 0 Å². The van der Waals surface area contributed by atoms with Gasteiger partial charge in [0.25, 0.3) is 5.91 Å². The third-order valence-corrected chi connectivity index (χ3v) is 20.6. The molecule has 10 nitrogen and oxygen atoms in total. The van der Waals surface area contributed by atoms with E-state index in [1.54, 1.807) is 0 Å². The number of methoxy groups -OCH3 is 1. The van der Waals surface area contributed by atoms with E-state index in [0.29, 0.717) is 56.3 Å². The molecule has 298 valence electrons. The average Bonchev–Trinajstić information content (AvgIpc) is 3.80. The van der Waals surface area contributed by atoms with E-state index in [9.17, 15) is 14.7 Å². The van der Waals surface area contributed by atoms with E-state index < -0.39 is 13.7 Å². The van der Waals surface area contributed by atoms with Crippen LogP contribution in [0, 0.1) is 17.8 Å². The Labute approximate surface area is 319 Å². The van der Waals surface area contributed by atoms with Crippen molar-refractivity contribution in [3.8, 4) is 0 Å². The summed E-state index contributed by atoms with van der Waals surface area (Å²) in [6, 6.07) is 0.173. The number of hydrogen-bond acceptors (Lipinski definition) is 7. The summed E-state index contributed by atoms with van der Waals surface area (Å²) >= 11 is 0. The molecule has 3 amide bonds. The summed E-state index contributed by atoms with van der Waals surface area (Å²) in [4.78, 5) is 48.3. The van der Waals surface area contributed by atoms with Gasteiger partial charge in [0.2, 0.25) is 5.91 Å². The van der Waals surface area contributed by atoms with E-state index in [1.807, 2.05) is 16.9 Å². The maximum Gasteiger partial charge on any atom is 0.410 e. The Bertz CT molecular complexity index is 1360. The lowest BCUT2D eigenvalue weighted by Gasteiger charge is -2.45. The van der Waals surface area contributed by atoms with E-state index in [2.05, 4.69) is 24.9 Å². The van der Waals surface area contributed by atoms with Crippen molar-refractivity contribution in [1.29, 1.82) is 0 Å². The number of carbonyl (C=O) groups is 3. The van der Waals surface area contributed by atoms with Crippen molar-refractivity contribution in [1.82, 2.24) is 14.7 Å². The van der Waals surface area contributed by atoms with Crippen molar-refractivity contribution in [2.75, 3.05) is 46.5 Å². The Kier molecular flexibility index (Phi) is 12.3. The molecule has 1 N–H and O–H groups in total. The number of rotatable bonds is 12. The van der Waals surface area contributed by atoms with Crippen LogP contribution in [0.2, 0.25) is 24.2 Å². The summed E-state index contributed by atoms with van der Waals surface area (Å²) in [6.07, 6.45) is 18.4. The Balaban J connectivity index is 1.17. The van der Waals surface area contributed by atoms with Gasteiger partial charge in [-0.05, 0) is 99.1 Å². The number of ether oxygens (including phenoxy) is 3. The molecule has 2 unspecified atom stereocenters. The first kappa shape index (κ1) is 39.3. The lowest BCUT2D eigenvalue weighted by molar-refractivity contribution is -0.152. The maximum atomic E-state index is 15.4. The second-order valence-electron chi connectivity index (χ2n) is 18.6. The van der Waals surface area contributed by atoms with E-state index in [-0.39, 0.29) is 54.5 Å². The Hall–Kier alpha value is -1.95. The largest absolute Gasteiger partial charge is 0.448 e. The Morgan fingerprint density at radius 2 is 1.70 bits per heavy atom. The number of aliphatic hydroxyl groups is 1. The van der Waals surface area contributed by atoms with Crippen LogP contribution in [0.15, 0.2) is 11.3 Å². The van der Waals surface area contributed by atoms with Crippen molar-refractivity contribution in [3.05, 3.63) is 11.3 Å². The van der Waals surface area contributed by atoms with Gasteiger partial charge < -0.3 is 34.0 Å². The predicted molar refractivity (Wildman–Crippen MR) is 207 cm³/mol. The summed E-state index contributed by atoms with van der Waals surface area (Å²) in [5.41, 5.74) is 2.12. The molecule has 2 saturated heterocycles. The molecule has 7 rings (SSSR count). The number of amides is 3. The van der Waals surface area contributed by atoms with Crippen LogP contribution in [0.4, 0.5) is 4.79 Å². The number of nitrogens with zero attached hydrogens (tertiary/aromatic N) is 3. The number of allylic oxidation sites excluding steroid dienone is 1. The Morgan fingerprint density at radius 1 is 0.962 bits per heavy atom. The first-order chi connectivity index (χ1) is 25.6. The van der Waals surface area contributed by atoms with Crippen LogP contribution in [0.1, 0.15) is 122 Å². The number of carbonyl (C=O) groups excluding carboxylic acids is 3. The first-order valence-corrected chi connectivity index (χ1v) is 24.8. The maximum absolute atomic E-state index is 15.4. The molecule has 6 atom stereocenters. The standard InChI is InChI=1S/C42H69N3O7Si/c1-29-39(53(3,4)34-19-17-33(50-2)18-20-34)37(26-38(47)43(21-23-46)27-30-11-6-5-7-12-30)52-42(29)35-15-8-9-16-36(35)45(40(42)48)28-31-13-10-14-32(25-31)44-22-24-51-41(44)49/h29-34,37,39,46H,5-28H2,1-4H3/t29-,31?,32?,33?,34?,37+,39-,42+/m0/s1. The van der Waals surface area contributed by atoms with Gasteiger partial charge in [0.1, 0.15) is 6.61 Å². The summed E-state index contributed by atoms with van der Waals surface area (Å²) in [6.45, 7) is 10.2. The van der Waals surface area contributed by atoms with Crippen LogP contribution >= 0.6 is 0 Å². The minimum absolute atomic E-state index is 0.0224. The monoisotopic (exact) mass is 755 g/mol. The van der Waals surface area contributed by atoms with Gasteiger partial charge in [0.05, 0.1) is 39.9 Å². The normalized spacial score (nSPS) is 35.7. The van der Waals surface area contributed by atoms with Crippen LogP contribution in [-0.2, 0) is 23.8 Å². The van der Waals surface area contributed by atoms with Gasteiger partial charge in [-0.1, -0.05) is 58.5 Å². The fourth-order valence-corrected chi connectivity index (χ4v) is 17.6. The third kappa shape index (κ3) is 7.63. The molecule has 0 radical (unpaired) electrons. The lowest BCUT2D eigenvalue weighted by atomic mass is 9.78. The topological polar surface area (TPSA) is 109 Å². The number of fused-ring (bicyclic) bond motifs is 1. The van der Waals surface area contributed by atoms with Crippen LogP contribution in [0.5, 0.6) is 0 Å². The molecule has 0 bridgehead atoms. The van der Waals surface area contributed by atoms with E-state index >= 15 is 4.79 Å². The number of cyclic esters (lactones) is 1. The van der Waals surface area contributed by atoms with Gasteiger partial charge in [-0.25, -0.2) is 4.79 Å². The summed E-state index contributed by atoms with van der Waals surface area (Å²) in [5.74, 6) is 0.968. The molecule has 0 aromatic carbocycles. The number of hydrogen-bond donors (Lipinski definition) is 1. The van der Waals surface area contributed by atoms with Crippen molar-refractivity contribution >= 4 is 26.0 Å². The molecule has 53 heavy (non-hydrogen) atoms. The summed E-state index contributed by atoms with van der Waals surface area (Å²) in [7, 11) is -0.287. The SMILES string of the molecule is COC1CCC([Si](C)(C)[C@@H]2[C@@H](CC(=O)N(CCO)CC3CCCCC3)O[C@]3(C(=O)N(CC4CCCC(N5CCOC5=O)C4)C4=C3CCCC4)[C@H]2C)CC1. The third-order valence-electron chi connectivity index (χ3n) is 15.3. The highest BCUT2D eigenvalue weighted by atomic mass is 28.3. The molecular weight excluding hydrogens is 687 g/mol. The van der Waals surface area contributed by atoms with Gasteiger partial charge in [0.15, 0.2) is 5.60 Å². The first-order valence-electron chi connectivity index (χ1n) is 21.7. The molecule has 0 aromatic rings. The minimum atomic E-state index is -2.12. The Morgan fingerprint density at radius 3 is 2.40 bits per heavy atom. The van der Waals surface area contributed by atoms with E-state index in [1.165, 1.54) is 30.5 Å². The fourth-order valence-electron chi connectivity index (χ4n) is 12.6. The van der Waals surface area contributed by atoms with Crippen LogP contribution < -0.4 is 0 Å². The molecule has 3 saturated carbocycles. The number of aliphatic hydroxyl groups excluding tert-OH is 1. The molecule has 3 heterocycles. The highest BCUT2D eigenvalue weighted by Crippen LogP contribution is 2.61. The van der Waals surface area contributed by atoms with Crippen molar-refractivity contribution in [2.45, 2.75) is 171 Å². The highest BCUT2D eigenvalue weighted by molar-refractivity contribution is 6.80. The highest BCUT2D eigenvalue weighted by Gasteiger charge is 2.67. The zero-order valence-corrected chi connectivity index (χ0v) is 34.3. The van der Waals surface area contributed by atoms with Gasteiger partial charge in [0, 0.05) is 44.4 Å². The molecule has 5 fully saturated rings. The van der Waals surface area contributed by atoms with Crippen LogP contribution in [-0.4, -0.2) is 116 Å². The van der Waals surface area contributed by atoms with E-state index in [4.69, 9.17) is 14.2 Å². The van der Waals surface area contributed by atoms with Crippen molar-refractivity contribution < 1.29 is 33.7 Å². The zero-order chi connectivity index (χ0) is 37.3. The average molecular weight is 756 g/mol. The van der Waals surface area contributed by atoms with Gasteiger partial charge in [-0.15, -0.1) is 0 Å². The fraction of sp³-hybridized carbons (Fsp3) is 0.881. The molecule has 4 aliphatic carbocycles. The molecule has 3 aliphatic heterocycles. The second-order valence-corrected chi connectivity index (χ2v) is 23.7. The smallest absolute Gasteiger partial charge is 0.410 e. The van der Waals surface area contributed by atoms with Crippen molar-refractivity contribution in [3.63, 3.8) is 0 Å². The van der Waals surface area contributed by atoms with Crippen LogP contribution in [0.3, 0.4) is 0 Å². The van der Waals surface area contributed by atoms with Gasteiger partial charge in [-0.3, -0.25) is 9.59 Å². The summed E-state index contributed by atoms with van der Waals surface area (Å²) in [5, 5.41) is 10.1. The van der Waals surface area contributed by atoms with Crippen molar-refractivity contribution in [2.24, 2.45) is 17.8 Å².